The number of hydrogen-bond donors (Lipinski definition) is 1. The van der Waals surface area contributed by atoms with E-state index in [1.54, 1.807) is 13.0 Å². The van der Waals surface area contributed by atoms with Crippen LogP contribution in [-0.2, 0) is 9.53 Å². The maximum atomic E-state index is 11.1. The van der Waals surface area contributed by atoms with Crippen molar-refractivity contribution in [3.8, 4) is 0 Å². The molecule has 0 fully saturated rings. The van der Waals surface area contributed by atoms with Crippen LogP contribution in [0.4, 0.5) is 0 Å². The largest absolute Gasteiger partial charge is 0.512 e. The Morgan fingerprint density at radius 3 is 2.42 bits per heavy atom. The van der Waals surface area contributed by atoms with Crippen LogP contribution in [0.2, 0.25) is 0 Å². The number of aliphatic hydroxyl groups is 1. The molecule has 0 aromatic heterocycles. The Bertz CT molecular complexity index is 212. The first-order chi connectivity index (χ1) is 5.54. The van der Waals surface area contributed by atoms with E-state index < -0.39 is 5.97 Å². The molecule has 12 heavy (non-hydrogen) atoms. The lowest BCUT2D eigenvalue weighted by atomic mass is 10.0. The van der Waals surface area contributed by atoms with Gasteiger partial charge >= 0.3 is 5.97 Å². The molecule has 0 saturated carbocycles. The van der Waals surface area contributed by atoms with Gasteiger partial charge in [0.05, 0.1) is 12.7 Å². The van der Waals surface area contributed by atoms with Crippen LogP contribution in [0.5, 0.6) is 0 Å². The average molecular weight is 170 g/mol. The summed E-state index contributed by atoms with van der Waals surface area (Å²) in [6.45, 7) is 6.74. The highest BCUT2D eigenvalue weighted by atomic mass is 16.5. The molecule has 3 heteroatoms. The second-order valence-electron chi connectivity index (χ2n) is 2.52. The number of aliphatic hydroxyl groups excluding tert-OH is 1. The Hall–Kier alpha value is -1.25. The summed E-state index contributed by atoms with van der Waals surface area (Å²) in [6.07, 6.45) is 1.58. The molecule has 0 unspecified atom stereocenters. The highest BCUT2D eigenvalue weighted by Gasteiger charge is 2.17. The van der Waals surface area contributed by atoms with Crippen LogP contribution < -0.4 is 0 Å². The second-order valence-corrected chi connectivity index (χ2v) is 2.52. The van der Waals surface area contributed by atoms with Crippen molar-refractivity contribution in [1.82, 2.24) is 0 Å². The van der Waals surface area contributed by atoms with Gasteiger partial charge in [0.15, 0.2) is 0 Å². The molecule has 0 bridgehead atoms. The number of rotatable bonds is 3. The van der Waals surface area contributed by atoms with Gasteiger partial charge in [0.25, 0.3) is 0 Å². The zero-order valence-corrected chi connectivity index (χ0v) is 7.63. The van der Waals surface area contributed by atoms with E-state index >= 15 is 0 Å². The van der Waals surface area contributed by atoms with E-state index in [9.17, 15) is 4.79 Å². The van der Waals surface area contributed by atoms with E-state index in [4.69, 9.17) is 5.11 Å². The van der Waals surface area contributed by atoms with Gasteiger partial charge in [0, 0.05) is 5.92 Å². The molecular formula is C9H14O3. The Morgan fingerprint density at radius 2 is 2.17 bits per heavy atom. The molecule has 0 aliphatic rings. The highest BCUT2D eigenvalue weighted by Crippen LogP contribution is 2.16. The van der Waals surface area contributed by atoms with Gasteiger partial charge < -0.3 is 9.84 Å². The van der Waals surface area contributed by atoms with Crippen molar-refractivity contribution in [2.24, 2.45) is 5.92 Å². The van der Waals surface area contributed by atoms with E-state index in [2.05, 4.69) is 11.3 Å². The molecule has 0 rings (SSSR count). The molecule has 0 amide bonds. The summed E-state index contributed by atoms with van der Waals surface area (Å²) in [7, 11) is 1.28. The Morgan fingerprint density at radius 1 is 1.67 bits per heavy atom. The molecule has 68 valence electrons. The van der Waals surface area contributed by atoms with Gasteiger partial charge in [0.2, 0.25) is 0 Å². The van der Waals surface area contributed by atoms with E-state index in [1.165, 1.54) is 14.0 Å². The Balaban J connectivity index is 4.81. The van der Waals surface area contributed by atoms with Crippen molar-refractivity contribution in [2.75, 3.05) is 7.11 Å². The number of allylic oxidation sites excluding steroid dienone is 2. The van der Waals surface area contributed by atoms with Crippen LogP contribution in [-0.4, -0.2) is 18.2 Å². The van der Waals surface area contributed by atoms with Crippen molar-refractivity contribution in [1.29, 1.82) is 0 Å². The first-order valence-electron chi connectivity index (χ1n) is 3.65. The van der Waals surface area contributed by atoms with Gasteiger partial charge in [-0.3, -0.25) is 0 Å². The summed E-state index contributed by atoms with van der Waals surface area (Å²) in [5.41, 5.74) is 0.257. The summed E-state index contributed by atoms with van der Waals surface area (Å²) in [6, 6.07) is 0. The van der Waals surface area contributed by atoms with Crippen molar-refractivity contribution in [3.05, 3.63) is 24.0 Å². The Kier molecular flexibility index (Phi) is 4.11. The van der Waals surface area contributed by atoms with Gasteiger partial charge in [-0.15, -0.1) is 6.58 Å². The zero-order chi connectivity index (χ0) is 9.72. The predicted molar refractivity (Wildman–Crippen MR) is 46.7 cm³/mol. The second kappa shape index (κ2) is 4.59. The van der Waals surface area contributed by atoms with Gasteiger partial charge in [-0.2, -0.15) is 0 Å². The average Bonchev–Trinajstić information content (AvgIpc) is 2.03. The first-order valence-corrected chi connectivity index (χ1v) is 3.65. The molecule has 1 atom stereocenters. The number of esters is 1. The first kappa shape index (κ1) is 10.8. The molecule has 1 N–H and O–H groups in total. The van der Waals surface area contributed by atoms with Gasteiger partial charge in [-0.25, -0.2) is 4.79 Å². The fourth-order valence-corrected chi connectivity index (χ4v) is 0.891. The van der Waals surface area contributed by atoms with Crippen molar-refractivity contribution >= 4 is 5.97 Å². The molecule has 0 aromatic rings. The fourth-order valence-electron chi connectivity index (χ4n) is 0.891. The molecule has 0 heterocycles. The zero-order valence-electron chi connectivity index (χ0n) is 7.63. The molecule has 0 aliphatic carbocycles. The summed E-state index contributed by atoms with van der Waals surface area (Å²) in [5, 5.41) is 9.15. The lowest BCUT2D eigenvalue weighted by Crippen LogP contribution is -2.12. The van der Waals surface area contributed by atoms with Crippen LogP contribution in [0.15, 0.2) is 24.0 Å². The number of carbonyl (C=O) groups is 1. The minimum absolute atomic E-state index is 0.0192. The van der Waals surface area contributed by atoms with E-state index in [1.807, 2.05) is 0 Å². The number of carbonyl (C=O) groups excluding carboxylic acids is 1. The van der Waals surface area contributed by atoms with E-state index in [0.29, 0.717) is 0 Å². The third-order valence-corrected chi connectivity index (χ3v) is 1.60. The monoisotopic (exact) mass is 170 g/mol. The SMILES string of the molecule is C=C[C@H](C)/C(C(=O)OC)=C(/C)O. The maximum Gasteiger partial charge on any atom is 0.337 e. The molecule has 0 saturated heterocycles. The molecule has 3 nitrogen and oxygen atoms in total. The number of hydrogen-bond acceptors (Lipinski definition) is 3. The minimum Gasteiger partial charge on any atom is -0.512 e. The molecule has 0 radical (unpaired) electrons. The van der Waals surface area contributed by atoms with Crippen molar-refractivity contribution in [2.45, 2.75) is 13.8 Å². The highest BCUT2D eigenvalue weighted by molar-refractivity contribution is 5.89. The normalized spacial score (nSPS) is 14.6. The summed E-state index contributed by atoms with van der Waals surface area (Å²) >= 11 is 0. The quantitative estimate of drug-likeness (QED) is 0.304. The third kappa shape index (κ3) is 2.42. The van der Waals surface area contributed by atoms with Gasteiger partial charge in [0.1, 0.15) is 5.76 Å². The van der Waals surface area contributed by atoms with Crippen molar-refractivity contribution in [3.63, 3.8) is 0 Å². The summed E-state index contributed by atoms with van der Waals surface area (Å²) in [5.74, 6) is -0.723. The number of ether oxygens (including phenoxy) is 1. The van der Waals surface area contributed by atoms with Crippen LogP contribution in [0, 0.1) is 5.92 Å². The van der Waals surface area contributed by atoms with Crippen LogP contribution in [0.3, 0.4) is 0 Å². The topological polar surface area (TPSA) is 46.5 Å². The van der Waals surface area contributed by atoms with Crippen LogP contribution in [0.1, 0.15) is 13.8 Å². The molecule has 0 aromatic carbocycles. The van der Waals surface area contributed by atoms with Gasteiger partial charge in [-0.1, -0.05) is 13.0 Å². The molecule has 0 aliphatic heterocycles. The van der Waals surface area contributed by atoms with E-state index in [-0.39, 0.29) is 17.3 Å². The standard InChI is InChI=1S/C9H14O3/c1-5-6(2)8(7(3)10)9(11)12-4/h5-6,10H,1H2,2-4H3/b8-7+/t6-/m0/s1. The summed E-state index contributed by atoms with van der Waals surface area (Å²) in [4.78, 5) is 11.1. The van der Waals surface area contributed by atoms with Gasteiger partial charge in [-0.05, 0) is 6.92 Å². The third-order valence-electron chi connectivity index (χ3n) is 1.60. The van der Waals surface area contributed by atoms with Crippen LogP contribution >= 0.6 is 0 Å². The fraction of sp³-hybridized carbons (Fsp3) is 0.444. The number of methoxy groups -OCH3 is 1. The van der Waals surface area contributed by atoms with E-state index in [0.717, 1.165) is 0 Å². The van der Waals surface area contributed by atoms with Crippen molar-refractivity contribution < 1.29 is 14.6 Å². The Labute approximate surface area is 72.3 Å². The minimum atomic E-state index is -0.512. The lowest BCUT2D eigenvalue weighted by Gasteiger charge is -2.10. The smallest absolute Gasteiger partial charge is 0.337 e. The summed E-state index contributed by atoms with van der Waals surface area (Å²) < 4.78 is 4.49. The van der Waals surface area contributed by atoms with Crippen LogP contribution in [0.25, 0.3) is 0 Å². The predicted octanol–water partition coefficient (Wildman–Crippen LogP) is 1.81. The lowest BCUT2D eigenvalue weighted by molar-refractivity contribution is -0.136. The molecule has 0 spiro atoms. The maximum absolute atomic E-state index is 11.1. The molecular weight excluding hydrogens is 156 g/mol.